The second-order valence-corrected chi connectivity index (χ2v) is 18.2. The summed E-state index contributed by atoms with van der Waals surface area (Å²) in [6.45, 7) is 1.64. The summed E-state index contributed by atoms with van der Waals surface area (Å²) < 4.78 is 0. The Morgan fingerprint density at radius 2 is 1.37 bits per heavy atom. The molecule has 73 heavy (non-hydrogen) atoms. The molecule has 2 aliphatic rings. The number of nitrogens with zero attached hydrogens (tertiary/aromatic N) is 3. The minimum absolute atomic E-state index is 0.00696. The Morgan fingerprint density at radius 1 is 0.712 bits per heavy atom. The van der Waals surface area contributed by atoms with Gasteiger partial charge in [0.2, 0.25) is 41.4 Å². The highest BCUT2D eigenvalue weighted by molar-refractivity contribution is 6.08. The molecule has 390 valence electrons. The standard InChI is InChI=1S/C49H65N15O9/c1-28-42(67)61-39(24-31-26-53-27-57-31)46(71)60-36(18-17-29-11-4-2-5-12-29)44(69)59-35(16-10-22-55-48(51)52)43(68)62-38(23-30-25-56-33-14-8-7-13-32(30)33)45(70)58-34(41(50)66)15-6-3-9-21-54-40(65)20-19-37-47(72)64(28)49(73)63-37/h2,4-5,7-8,11-14,25-28,34-39,56H,3,6,9-10,15-24H2,1H3,(H2,50,66)(H,53,57)(H,54,65)(H,58,70)(H,59,69)(H,60,71)(H,61,67)(H,62,68)(H,63,73)(H4,51,52,55)/t28-,34+,35+,36-,37+,38+,39+/m1/s1. The monoisotopic (exact) mass is 1010 g/mol. The van der Waals surface area contributed by atoms with Crippen molar-refractivity contribution in [2.75, 3.05) is 13.1 Å². The lowest BCUT2D eigenvalue weighted by molar-refractivity contribution is -0.137. The lowest BCUT2D eigenvalue weighted by atomic mass is 10.0. The highest BCUT2D eigenvalue weighted by Gasteiger charge is 2.43. The summed E-state index contributed by atoms with van der Waals surface area (Å²) in [6, 6.07) is 6.60. The Labute approximate surface area is 421 Å². The number of hydrogen-bond acceptors (Lipinski definition) is 11. The summed E-state index contributed by atoms with van der Waals surface area (Å²) in [5.41, 5.74) is 19.7. The van der Waals surface area contributed by atoms with Crippen LogP contribution in [0.2, 0.25) is 0 Å². The summed E-state index contributed by atoms with van der Waals surface area (Å²) in [6.07, 6.45) is 6.13. The van der Waals surface area contributed by atoms with Gasteiger partial charge in [0.25, 0.3) is 5.91 Å². The number of imidazole rings is 1. The molecule has 4 aromatic rings. The fourth-order valence-electron chi connectivity index (χ4n) is 8.69. The quantitative estimate of drug-likeness (QED) is 0.0354. The summed E-state index contributed by atoms with van der Waals surface area (Å²) in [5, 5.41) is 19.8. The Bertz CT molecular complexity index is 2620. The number of aromatic amines is 2. The van der Waals surface area contributed by atoms with Gasteiger partial charge in [0, 0.05) is 61.3 Å². The van der Waals surface area contributed by atoms with E-state index >= 15 is 0 Å². The Hall–Kier alpha value is -8.31. The molecule has 2 aliphatic heterocycles. The summed E-state index contributed by atoms with van der Waals surface area (Å²) in [4.78, 5) is 139. The maximum atomic E-state index is 14.6. The first-order chi connectivity index (χ1) is 35.1. The van der Waals surface area contributed by atoms with Crippen LogP contribution in [0.5, 0.6) is 0 Å². The third kappa shape index (κ3) is 15.6. The number of rotatable bonds is 12. The lowest BCUT2D eigenvalue weighted by Gasteiger charge is -2.28. The third-order valence-corrected chi connectivity index (χ3v) is 12.8. The van der Waals surface area contributed by atoms with Crippen molar-refractivity contribution in [3.63, 3.8) is 0 Å². The molecule has 4 heterocycles. The molecule has 0 aliphatic carbocycles. The van der Waals surface area contributed by atoms with Gasteiger partial charge >= 0.3 is 6.03 Å². The van der Waals surface area contributed by atoms with E-state index in [-0.39, 0.29) is 82.7 Å². The van der Waals surface area contributed by atoms with Crippen LogP contribution >= 0.6 is 0 Å². The number of H-pyrrole nitrogens is 2. The molecule has 2 bridgehead atoms. The van der Waals surface area contributed by atoms with E-state index in [1.807, 2.05) is 54.6 Å². The van der Waals surface area contributed by atoms with Gasteiger partial charge in [-0.15, -0.1) is 0 Å². The predicted molar refractivity (Wildman–Crippen MR) is 267 cm³/mol. The van der Waals surface area contributed by atoms with Crippen molar-refractivity contribution in [2.24, 2.45) is 22.2 Å². The number of aliphatic imine (C=N–C) groups is 1. The number of amides is 10. The normalized spacial score (nSPS) is 23.6. The van der Waals surface area contributed by atoms with Crippen molar-refractivity contribution in [1.29, 1.82) is 0 Å². The Kier molecular flexibility index (Phi) is 19.4. The fraction of sp³-hybridized carbons (Fsp3) is 0.449. The van der Waals surface area contributed by atoms with Crippen LogP contribution in [0.4, 0.5) is 4.79 Å². The minimum Gasteiger partial charge on any atom is -0.370 e. The van der Waals surface area contributed by atoms with Crippen LogP contribution in [0.3, 0.4) is 0 Å². The average molecular weight is 1010 g/mol. The van der Waals surface area contributed by atoms with E-state index < -0.39 is 89.7 Å². The summed E-state index contributed by atoms with van der Waals surface area (Å²) >= 11 is 0. The van der Waals surface area contributed by atoms with Gasteiger partial charge in [-0.25, -0.2) is 9.78 Å². The number of carbonyl (C=O) groups excluding carboxylic acids is 9. The van der Waals surface area contributed by atoms with Crippen LogP contribution in [0.15, 0.2) is 78.3 Å². The van der Waals surface area contributed by atoms with Gasteiger partial charge in [0.05, 0.1) is 6.33 Å². The first kappa shape index (κ1) is 54.0. The van der Waals surface area contributed by atoms with Crippen molar-refractivity contribution in [1.82, 2.24) is 57.1 Å². The molecule has 2 aromatic carbocycles. The number of aryl methyl sites for hydroxylation is 1. The van der Waals surface area contributed by atoms with Gasteiger partial charge in [-0.2, -0.15) is 0 Å². The van der Waals surface area contributed by atoms with Crippen molar-refractivity contribution < 1.29 is 43.2 Å². The van der Waals surface area contributed by atoms with E-state index in [2.05, 4.69) is 57.2 Å². The van der Waals surface area contributed by atoms with E-state index in [1.165, 1.54) is 19.4 Å². The molecule has 24 nitrogen and oxygen atoms in total. The highest BCUT2D eigenvalue weighted by Crippen LogP contribution is 2.20. The second-order valence-electron chi connectivity index (χ2n) is 18.2. The molecular weight excluding hydrogens is 943 g/mol. The summed E-state index contributed by atoms with van der Waals surface area (Å²) in [7, 11) is 0. The Morgan fingerprint density at radius 3 is 2.08 bits per heavy atom. The summed E-state index contributed by atoms with van der Waals surface area (Å²) in [5.74, 6) is -6.11. The van der Waals surface area contributed by atoms with Crippen molar-refractivity contribution in [3.8, 4) is 0 Å². The van der Waals surface area contributed by atoms with Gasteiger partial charge in [-0.3, -0.25) is 48.2 Å². The zero-order valence-electron chi connectivity index (χ0n) is 40.6. The number of urea groups is 1. The van der Waals surface area contributed by atoms with E-state index in [4.69, 9.17) is 17.2 Å². The number of nitrogens with one attached hydrogen (secondary N) is 9. The van der Waals surface area contributed by atoms with E-state index in [1.54, 1.807) is 6.20 Å². The van der Waals surface area contributed by atoms with Crippen LogP contribution < -0.4 is 54.4 Å². The van der Waals surface area contributed by atoms with Crippen LogP contribution in [0.25, 0.3) is 10.9 Å². The second kappa shape index (κ2) is 26.2. The van der Waals surface area contributed by atoms with Gasteiger partial charge < -0.3 is 64.4 Å². The minimum atomic E-state index is -1.42. The van der Waals surface area contributed by atoms with Crippen LogP contribution in [-0.2, 0) is 57.6 Å². The number of aromatic nitrogens is 3. The zero-order chi connectivity index (χ0) is 52.4. The molecule has 0 saturated carbocycles. The number of primary amides is 1. The van der Waals surface area contributed by atoms with Crippen LogP contribution in [-0.4, -0.2) is 134 Å². The van der Waals surface area contributed by atoms with Gasteiger partial charge in [-0.1, -0.05) is 61.4 Å². The molecule has 2 saturated heterocycles. The van der Waals surface area contributed by atoms with Crippen LogP contribution in [0, 0.1) is 0 Å². The molecule has 24 heteroatoms. The number of nitrogens with two attached hydrogens (primary N) is 3. The van der Waals surface area contributed by atoms with E-state index in [0.29, 0.717) is 30.5 Å². The van der Waals surface area contributed by atoms with Gasteiger partial charge in [0.15, 0.2) is 5.96 Å². The molecule has 0 radical (unpaired) electrons. The fourth-order valence-corrected chi connectivity index (χ4v) is 8.69. The highest BCUT2D eigenvalue weighted by atomic mass is 16.2. The van der Waals surface area contributed by atoms with Crippen molar-refractivity contribution >= 4 is 70.2 Å². The average Bonchev–Trinajstić information content (AvgIpc) is 4.11. The predicted octanol–water partition coefficient (Wildman–Crippen LogP) is -0.949. The van der Waals surface area contributed by atoms with Crippen LogP contribution in [0.1, 0.15) is 81.5 Å². The third-order valence-electron chi connectivity index (χ3n) is 12.8. The topological polar surface area (TPSA) is 376 Å². The number of fused-ring (bicyclic) bond motifs is 3. The SMILES string of the molecule is C[C@@H]1C(=O)N[C@@H](Cc2cnc[nH]2)C(=O)N[C@H](CCc2ccccc2)C(=O)N[C@@H](CCCN=C(N)N)C(=O)N[C@@H](Cc2c[nH]c3ccccc23)C(=O)N[C@H](C(N)=O)CCCCCNC(=O)CC[C@@H]2NC(=O)N1C2=O. The van der Waals surface area contributed by atoms with Crippen molar-refractivity contribution in [3.05, 3.63) is 90.1 Å². The smallest absolute Gasteiger partial charge is 0.325 e. The number of hydrogen-bond donors (Lipinski definition) is 12. The van der Waals surface area contributed by atoms with Gasteiger partial charge in [0.1, 0.15) is 42.3 Å². The molecule has 6 rings (SSSR count). The number of imide groups is 1. The molecule has 7 atom stereocenters. The van der Waals surface area contributed by atoms with Crippen molar-refractivity contribution in [2.45, 2.75) is 126 Å². The van der Waals surface area contributed by atoms with Gasteiger partial charge in [-0.05, 0) is 69.1 Å². The molecule has 2 fully saturated rings. The molecule has 0 spiro atoms. The number of para-hydroxylation sites is 1. The molecule has 10 amide bonds. The maximum Gasteiger partial charge on any atom is 0.325 e. The largest absolute Gasteiger partial charge is 0.370 e. The molecule has 15 N–H and O–H groups in total. The maximum absolute atomic E-state index is 14.6. The number of benzene rings is 2. The first-order valence-electron chi connectivity index (χ1n) is 24.4. The van der Waals surface area contributed by atoms with E-state index in [9.17, 15) is 43.2 Å². The molecule has 0 unspecified atom stereocenters. The van der Waals surface area contributed by atoms with E-state index in [0.717, 1.165) is 21.4 Å². The lowest BCUT2D eigenvalue weighted by Crippen LogP contribution is -2.60. The number of carbonyl (C=O) groups is 9. The molecular formula is C49H65N15O9. The molecule has 2 aromatic heterocycles. The zero-order valence-corrected chi connectivity index (χ0v) is 40.6. The first-order valence-corrected chi connectivity index (χ1v) is 24.4. The Balaban J connectivity index is 1.33. The number of guanidine groups is 1.